The van der Waals surface area contributed by atoms with Crippen LogP contribution in [-0.4, -0.2) is 69.8 Å². The SMILES string of the molecule is Cc1cccc(C#CC(=O)N(C)[C@@H]2[C@@H](C)C[C@@]3(O)[C@H]4Cc5ccc(O)c6c5[C@@]3(CCN4CC3CC3)[C@H]2O6)c1. The molecule has 6 heteroatoms. The molecule has 2 saturated carbocycles. The van der Waals surface area contributed by atoms with Gasteiger partial charge < -0.3 is 19.8 Å². The van der Waals surface area contributed by atoms with E-state index in [1.54, 1.807) is 11.0 Å². The summed E-state index contributed by atoms with van der Waals surface area (Å²) in [6, 6.07) is 11.3. The normalized spacial score (nSPS) is 34.5. The Morgan fingerprint density at radius 1 is 1.26 bits per heavy atom. The van der Waals surface area contributed by atoms with Crippen LogP contribution in [0.5, 0.6) is 11.5 Å². The maximum atomic E-state index is 13.4. The van der Waals surface area contributed by atoms with Gasteiger partial charge in [0, 0.05) is 36.7 Å². The second-order valence-electron chi connectivity index (χ2n) is 12.5. The molecule has 1 amide bonds. The van der Waals surface area contributed by atoms with E-state index in [1.165, 1.54) is 12.8 Å². The molecule has 0 radical (unpaired) electrons. The number of hydrogen-bond donors (Lipinski definition) is 2. The van der Waals surface area contributed by atoms with Gasteiger partial charge in [0.25, 0.3) is 5.91 Å². The number of likely N-dealkylation sites (N-methyl/N-ethyl adjacent to an activating group) is 1. The van der Waals surface area contributed by atoms with Crippen LogP contribution >= 0.6 is 0 Å². The van der Waals surface area contributed by atoms with Gasteiger partial charge in [-0.25, -0.2) is 0 Å². The minimum absolute atomic E-state index is 0.00535. The minimum Gasteiger partial charge on any atom is -0.504 e. The summed E-state index contributed by atoms with van der Waals surface area (Å²) < 4.78 is 6.67. The van der Waals surface area contributed by atoms with Crippen molar-refractivity contribution in [3.63, 3.8) is 0 Å². The number of aromatic hydroxyl groups is 1. The highest BCUT2D eigenvalue weighted by atomic mass is 16.5. The molecule has 7 rings (SSSR count). The van der Waals surface area contributed by atoms with Crippen molar-refractivity contribution in [3.05, 3.63) is 58.7 Å². The van der Waals surface area contributed by atoms with E-state index in [4.69, 9.17) is 4.74 Å². The van der Waals surface area contributed by atoms with Gasteiger partial charge in [-0.1, -0.05) is 31.0 Å². The second-order valence-corrected chi connectivity index (χ2v) is 12.5. The van der Waals surface area contributed by atoms with Crippen LogP contribution in [0, 0.1) is 30.6 Å². The smallest absolute Gasteiger partial charge is 0.298 e. The van der Waals surface area contributed by atoms with Crippen molar-refractivity contribution >= 4 is 5.91 Å². The lowest BCUT2D eigenvalue weighted by Crippen LogP contribution is -2.79. The van der Waals surface area contributed by atoms with Gasteiger partial charge in [-0.2, -0.15) is 0 Å². The molecule has 6 nitrogen and oxygen atoms in total. The Bertz CT molecular complexity index is 1390. The number of likely N-dealkylation sites (tertiary alicyclic amines) is 1. The minimum atomic E-state index is -0.982. The predicted octanol–water partition coefficient (Wildman–Crippen LogP) is 3.39. The first-order valence-electron chi connectivity index (χ1n) is 14.1. The largest absolute Gasteiger partial charge is 0.504 e. The second kappa shape index (κ2) is 8.24. The molecule has 2 aliphatic heterocycles. The van der Waals surface area contributed by atoms with Crippen LogP contribution in [0.3, 0.4) is 0 Å². The molecule has 1 saturated heterocycles. The van der Waals surface area contributed by atoms with Crippen LogP contribution in [0.4, 0.5) is 0 Å². The number of benzene rings is 2. The average molecular weight is 513 g/mol. The van der Waals surface area contributed by atoms with E-state index < -0.39 is 17.1 Å². The number of rotatable bonds is 3. The lowest BCUT2D eigenvalue weighted by Gasteiger charge is -2.66. The molecule has 38 heavy (non-hydrogen) atoms. The fraction of sp³-hybridized carbons (Fsp3) is 0.531. The van der Waals surface area contributed by atoms with Gasteiger partial charge in [-0.3, -0.25) is 9.69 Å². The number of phenolic OH excluding ortho intramolecular Hbond substituents is 1. The number of aryl methyl sites for hydroxylation is 1. The average Bonchev–Trinajstić information content (AvgIpc) is 3.62. The summed E-state index contributed by atoms with van der Waals surface area (Å²) in [5.41, 5.74) is 2.42. The number of hydrogen-bond acceptors (Lipinski definition) is 5. The fourth-order valence-corrected chi connectivity index (χ4v) is 8.39. The number of nitrogens with zero attached hydrogens (tertiary/aromatic N) is 2. The standard InChI is InChI=1S/C32H36N2O4/c1-19-5-4-6-21(15-19)9-12-26(36)33(3)28-20(2)17-32(37)25-16-23-10-11-24(35)29-27(23)31(32,30(28)38-29)13-14-34(25)18-22-7-8-22/h4-6,10-11,15,20,22,25,28,30,35,37H,7-8,13-14,16-18H2,1-3H3/t20-,25+,28+,30-,31-,32+/m0/s1. The third kappa shape index (κ3) is 3.25. The Kier molecular flexibility index (Phi) is 5.22. The maximum Gasteiger partial charge on any atom is 0.298 e. The molecule has 3 fully saturated rings. The highest BCUT2D eigenvalue weighted by Crippen LogP contribution is 2.66. The molecule has 2 bridgehead atoms. The molecule has 2 aromatic carbocycles. The molecule has 0 aromatic heterocycles. The van der Waals surface area contributed by atoms with E-state index in [0.29, 0.717) is 12.2 Å². The topological polar surface area (TPSA) is 73.2 Å². The van der Waals surface area contributed by atoms with Gasteiger partial charge in [0.2, 0.25) is 0 Å². The van der Waals surface area contributed by atoms with Gasteiger partial charge in [0.1, 0.15) is 6.10 Å². The molecular weight excluding hydrogens is 476 g/mol. The quantitative estimate of drug-likeness (QED) is 0.617. The Labute approximate surface area is 224 Å². The van der Waals surface area contributed by atoms with Crippen LogP contribution in [0.15, 0.2) is 36.4 Å². The lowest BCUT2D eigenvalue weighted by atomic mass is 9.46. The molecular formula is C32H36N2O4. The van der Waals surface area contributed by atoms with Gasteiger partial charge in [0.15, 0.2) is 11.5 Å². The van der Waals surface area contributed by atoms with Gasteiger partial charge in [-0.15, -0.1) is 0 Å². The van der Waals surface area contributed by atoms with Crippen molar-refractivity contribution in [1.82, 2.24) is 9.80 Å². The molecule has 2 N–H and O–H groups in total. The first-order chi connectivity index (χ1) is 18.2. The summed E-state index contributed by atoms with van der Waals surface area (Å²) in [6.45, 7) is 6.06. The summed E-state index contributed by atoms with van der Waals surface area (Å²) in [5, 5.41) is 23.6. The van der Waals surface area contributed by atoms with Gasteiger partial charge in [0.05, 0.1) is 17.1 Å². The Balaban J connectivity index is 1.29. The predicted molar refractivity (Wildman–Crippen MR) is 144 cm³/mol. The van der Waals surface area contributed by atoms with Crippen molar-refractivity contribution in [1.29, 1.82) is 0 Å². The lowest BCUT2D eigenvalue weighted by molar-refractivity contribution is -0.212. The molecule has 2 aromatic rings. The number of aliphatic hydroxyl groups is 1. The zero-order chi connectivity index (χ0) is 26.4. The molecule has 5 aliphatic rings. The van der Waals surface area contributed by atoms with Gasteiger partial charge in [-0.05, 0) is 86.7 Å². The van der Waals surface area contributed by atoms with Crippen LogP contribution in [0.1, 0.15) is 54.9 Å². The summed E-state index contributed by atoms with van der Waals surface area (Å²) in [7, 11) is 1.81. The van der Waals surface area contributed by atoms with Crippen molar-refractivity contribution in [2.45, 2.75) is 75.2 Å². The van der Waals surface area contributed by atoms with E-state index in [1.807, 2.05) is 44.3 Å². The van der Waals surface area contributed by atoms with Crippen molar-refractivity contribution < 1.29 is 19.7 Å². The zero-order valence-corrected chi connectivity index (χ0v) is 22.4. The van der Waals surface area contributed by atoms with Crippen molar-refractivity contribution in [2.75, 3.05) is 20.1 Å². The van der Waals surface area contributed by atoms with Crippen molar-refractivity contribution in [2.24, 2.45) is 11.8 Å². The maximum absolute atomic E-state index is 13.4. The van der Waals surface area contributed by atoms with E-state index in [2.05, 4.69) is 23.7 Å². The monoisotopic (exact) mass is 512 g/mol. The Morgan fingerprint density at radius 3 is 2.84 bits per heavy atom. The number of amides is 1. The van der Waals surface area contributed by atoms with Gasteiger partial charge >= 0.3 is 0 Å². The van der Waals surface area contributed by atoms with E-state index in [0.717, 1.165) is 54.1 Å². The molecule has 0 unspecified atom stereocenters. The molecule has 2 heterocycles. The van der Waals surface area contributed by atoms with E-state index in [-0.39, 0.29) is 29.7 Å². The van der Waals surface area contributed by atoms with E-state index in [9.17, 15) is 15.0 Å². The molecule has 3 aliphatic carbocycles. The van der Waals surface area contributed by atoms with Crippen LogP contribution in [0.25, 0.3) is 0 Å². The fourth-order valence-electron chi connectivity index (χ4n) is 8.39. The van der Waals surface area contributed by atoms with Crippen LogP contribution < -0.4 is 4.74 Å². The first kappa shape index (κ1) is 24.1. The van der Waals surface area contributed by atoms with Crippen LogP contribution in [0.2, 0.25) is 0 Å². The molecule has 1 spiro atoms. The zero-order valence-electron chi connectivity index (χ0n) is 22.4. The highest BCUT2D eigenvalue weighted by Gasteiger charge is 2.74. The number of carbonyl (C=O) groups excluding carboxylic acids is 1. The summed E-state index contributed by atoms with van der Waals surface area (Å²) >= 11 is 0. The van der Waals surface area contributed by atoms with E-state index >= 15 is 0 Å². The number of ether oxygens (including phenoxy) is 1. The summed E-state index contributed by atoms with van der Waals surface area (Å²) in [5.74, 6) is 6.99. The third-order valence-electron chi connectivity index (χ3n) is 10.2. The molecule has 6 atom stereocenters. The molecule has 198 valence electrons. The summed E-state index contributed by atoms with van der Waals surface area (Å²) in [4.78, 5) is 17.7. The number of phenols is 1. The highest BCUT2D eigenvalue weighted by molar-refractivity contribution is 5.94. The summed E-state index contributed by atoms with van der Waals surface area (Å²) in [6.07, 6.45) is 4.21. The number of carbonyl (C=O) groups is 1. The first-order valence-corrected chi connectivity index (χ1v) is 14.1. The number of piperidine rings is 1. The van der Waals surface area contributed by atoms with Crippen LogP contribution in [-0.2, 0) is 16.6 Å². The Morgan fingerprint density at radius 2 is 2.08 bits per heavy atom. The van der Waals surface area contributed by atoms with Crippen molar-refractivity contribution in [3.8, 4) is 23.3 Å². The Hall–Kier alpha value is -3.01. The third-order valence-corrected chi connectivity index (χ3v) is 10.2.